The molecule has 0 atom stereocenters. The van der Waals surface area contributed by atoms with E-state index in [2.05, 4.69) is 15.5 Å². The summed E-state index contributed by atoms with van der Waals surface area (Å²) in [5.41, 5.74) is 4.07. The number of carbonyl (C=O) groups is 1. The largest absolute Gasteiger partial charge is 0.454 e. The van der Waals surface area contributed by atoms with Crippen LogP contribution in [0.15, 0.2) is 22.6 Å². The van der Waals surface area contributed by atoms with Gasteiger partial charge in [0.2, 0.25) is 12.7 Å². The molecule has 114 valence electrons. The normalized spacial score (nSPS) is 12.8. The number of halogens is 1. The average molecular weight is 338 g/mol. The molecule has 2 aromatic rings. The average Bonchev–Trinajstić information content (AvgIpc) is 3.08. The Labute approximate surface area is 135 Å². The maximum atomic E-state index is 11.7. The molecule has 0 saturated carbocycles. The molecule has 0 unspecified atom stereocenters. The van der Waals surface area contributed by atoms with E-state index in [9.17, 15) is 4.79 Å². The molecule has 8 heteroatoms. The smallest absolute Gasteiger partial charge is 0.246 e. The molecule has 1 aliphatic rings. The van der Waals surface area contributed by atoms with Crippen LogP contribution in [0.4, 0.5) is 0 Å². The Balaban J connectivity index is 1.60. The zero-order valence-corrected chi connectivity index (χ0v) is 13.2. The molecule has 6 nitrogen and oxygen atoms in total. The molecule has 0 radical (unpaired) electrons. The maximum absolute atomic E-state index is 11.7. The van der Waals surface area contributed by atoms with Crippen molar-refractivity contribution in [2.75, 3.05) is 6.79 Å². The van der Waals surface area contributed by atoms with Crippen LogP contribution in [0.1, 0.15) is 16.3 Å². The minimum absolute atomic E-state index is 0.152. The second-order valence-electron chi connectivity index (χ2n) is 4.59. The van der Waals surface area contributed by atoms with Gasteiger partial charge in [-0.25, -0.2) is 10.4 Å². The molecule has 1 N–H and O–H groups in total. The first kappa shape index (κ1) is 14.8. The molecule has 1 aliphatic heterocycles. The summed E-state index contributed by atoms with van der Waals surface area (Å²) in [6.07, 6.45) is 1.70. The molecule has 0 fully saturated rings. The zero-order valence-electron chi connectivity index (χ0n) is 11.6. The van der Waals surface area contributed by atoms with Gasteiger partial charge < -0.3 is 9.47 Å². The highest BCUT2D eigenvalue weighted by Gasteiger charge is 2.17. The van der Waals surface area contributed by atoms with Crippen LogP contribution in [0.5, 0.6) is 11.5 Å². The van der Waals surface area contributed by atoms with Crippen LogP contribution in [-0.4, -0.2) is 23.9 Å². The summed E-state index contributed by atoms with van der Waals surface area (Å²) in [4.78, 5) is 16.0. The molecule has 0 saturated heterocycles. The first-order valence-corrected chi connectivity index (χ1v) is 7.69. The van der Waals surface area contributed by atoms with Crippen molar-refractivity contribution in [1.82, 2.24) is 10.4 Å². The number of aryl methyl sites for hydroxylation is 1. The minimum atomic E-state index is -0.225. The van der Waals surface area contributed by atoms with Crippen molar-refractivity contribution in [2.45, 2.75) is 13.3 Å². The van der Waals surface area contributed by atoms with Gasteiger partial charge in [-0.1, -0.05) is 11.6 Å². The van der Waals surface area contributed by atoms with Crippen LogP contribution in [0.3, 0.4) is 0 Å². The van der Waals surface area contributed by atoms with E-state index in [1.165, 1.54) is 17.6 Å². The summed E-state index contributed by atoms with van der Waals surface area (Å²) < 4.78 is 10.5. The number of ether oxygens (including phenoxy) is 2. The molecule has 1 aromatic heterocycles. The fourth-order valence-electron chi connectivity index (χ4n) is 1.90. The Kier molecular flexibility index (Phi) is 4.26. The van der Waals surface area contributed by atoms with Crippen molar-refractivity contribution in [1.29, 1.82) is 0 Å². The van der Waals surface area contributed by atoms with Gasteiger partial charge in [-0.05, 0) is 24.6 Å². The number of rotatable bonds is 4. The highest BCUT2D eigenvalue weighted by molar-refractivity contribution is 7.09. The lowest BCUT2D eigenvalue weighted by Crippen LogP contribution is -2.19. The molecule has 0 bridgehead atoms. The van der Waals surface area contributed by atoms with Crippen molar-refractivity contribution >= 4 is 35.1 Å². The molecular weight excluding hydrogens is 326 g/mol. The summed E-state index contributed by atoms with van der Waals surface area (Å²) in [5.74, 6) is 0.873. The molecule has 2 heterocycles. The second kappa shape index (κ2) is 6.33. The lowest BCUT2D eigenvalue weighted by atomic mass is 10.2. The van der Waals surface area contributed by atoms with Gasteiger partial charge in [0.05, 0.1) is 17.7 Å². The predicted molar refractivity (Wildman–Crippen MR) is 83.9 cm³/mol. The molecule has 1 aromatic carbocycles. The zero-order chi connectivity index (χ0) is 15.5. The van der Waals surface area contributed by atoms with Gasteiger partial charge in [0.1, 0.15) is 5.01 Å². The van der Waals surface area contributed by atoms with Crippen LogP contribution in [0.25, 0.3) is 0 Å². The van der Waals surface area contributed by atoms with Crippen molar-refractivity contribution in [3.05, 3.63) is 38.8 Å². The number of hydrogen-bond acceptors (Lipinski definition) is 6. The second-order valence-corrected chi connectivity index (χ2v) is 5.94. The van der Waals surface area contributed by atoms with Crippen LogP contribution >= 0.6 is 22.9 Å². The monoisotopic (exact) mass is 337 g/mol. The minimum Gasteiger partial charge on any atom is -0.454 e. The third-order valence-electron chi connectivity index (χ3n) is 2.83. The van der Waals surface area contributed by atoms with Crippen LogP contribution in [0, 0.1) is 6.92 Å². The molecule has 22 heavy (non-hydrogen) atoms. The van der Waals surface area contributed by atoms with Crippen molar-refractivity contribution in [3.63, 3.8) is 0 Å². The number of fused-ring (bicyclic) bond motifs is 1. The summed E-state index contributed by atoms with van der Waals surface area (Å²) in [6, 6.07) is 3.43. The van der Waals surface area contributed by atoms with E-state index in [0.717, 1.165) is 10.7 Å². The number of aromatic nitrogens is 1. The standard InChI is InChI=1S/C14H12ClN3O3S/c1-8-6-22-13(17-8)4-12(19)18-16-5-9-2-10(15)14-11(3-9)20-7-21-14/h2-3,5-6H,4,7H2,1H3,(H,18,19)/b16-5-. The quantitative estimate of drug-likeness (QED) is 0.687. The van der Waals surface area contributed by atoms with Gasteiger partial charge in [0, 0.05) is 11.1 Å². The Morgan fingerprint density at radius 2 is 2.41 bits per heavy atom. The Morgan fingerprint density at radius 3 is 3.18 bits per heavy atom. The highest BCUT2D eigenvalue weighted by atomic mass is 35.5. The van der Waals surface area contributed by atoms with Gasteiger partial charge >= 0.3 is 0 Å². The van der Waals surface area contributed by atoms with Gasteiger partial charge in [-0.3, -0.25) is 4.79 Å². The third-order valence-corrected chi connectivity index (χ3v) is 4.08. The molecular formula is C14H12ClN3O3S. The SMILES string of the molecule is Cc1csc(CC(=O)N/N=C\c2cc(Cl)c3c(c2)OCO3)n1. The number of carbonyl (C=O) groups excluding carboxylic acids is 1. The highest BCUT2D eigenvalue weighted by Crippen LogP contribution is 2.39. The van der Waals surface area contributed by atoms with Gasteiger partial charge in [0.25, 0.3) is 0 Å². The Hall–Kier alpha value is -2.12. The Morgan fingerprint density at radius 1 is 1.55 bits per heavy atom. The first-order valence-electron chi connectivity index (χ1n) is 6.44. The predicted octanol–water partition coefficient (Wildman–Crippen LogP) is 2.53. The van der Waals surface area contributed by atoms with Crippen molar-refractivity contribution in [2.24, 2.45) is 5.10 Å². The number of amides is 1. The van der Waals surface area contributed by atoms with Gasteiger partial charge in [-0.15, -0.1) is 11.3 Å². The molecule has 1 amide bonds. The van der Waals surface area contributed by atoms with E-state index in [0.29, 0.717) is 22.1 Å². The topological polar surface area (TPSA) is 72.8 Å². The first-order chi connectivity index (χ1) is 10.6. The van der Waals surface area contributed by atoms with Crippen molar-refractivity contribution in [3.8, 4) is 11.5 Å². The van der Waals surface area contributed by atoms with E-state index in [1.54, 1.807) is 12.1 Å². The molecule has 0 spiro atoms. The third kappa shape index (κ3) is 3.37. The fourth-order valence-corrected chi connectivity index (χ4v) is 2.95. The fraction of sp³-hybridized carbons (Fsp3) is 0.214. The number of thiazole rings is 1. The van der Waals surface area contributed by atoms with Crippen LogP contribution < -0.4 is 14.9 Å². The summed E-state index contributed by atoms with van der Waals surface area (Å²) in [5, 5.41) is 7.02. The number of nitrogens with one attached hydrogen (secondary N) is 1. The number of hydrazone groups is 1. The lowest BCUT2D eigenvalue weighted by Gasteiger charge is -2.01. The van der Waals surface area contributed by atoms with E-state index < -0.39 is 0 Å². The lowest BCUT2D eigenvalue weighted by molar-refractivity contribution is -0.120. The summed E-state index contributed by atoms with van der Waals surface area (Å²) >= 11 is 7.52. The van der Waals surface area contributed by atoms with Gasteiger partial charge in [-0.2, -0.15) is 5.10 Å². The van der Waals surface area contributed by atoms with Crippen LogP contribution in [0.2, 0.25) is 5.02 Å². The van der Waals surface area contributed by atoms with E-state index in [1.807, 2.05) is 12.3 Å². The number of benzene rings is 1. The maximum Gasteiger partial charge on any atom is 0.246 e. The van der Waals surface area contributed by atoms with Crippen LogP contribution in [-0.2, 0) is 11.2 Å². The van der Waals surface area contributed by atoms with E-state index in [-0.39, 0.29) is 19.1 Å². The van der Waals surface area contributed by atoms with E-state index >= 15 is 0 Å². The van der Waals surface area contributed by atoms with Gasteiger partial charge in [0.15, 0.2) is 11.5 Å². The number of hydrogen-bond donors (Lipinski definition) is 1. The van der Waals surface area contributed by atoms with Crippen molar-refractivity contribution < 1.29 is 14.3 Å². The molecule has 3 rings (SSSR count). The Bertz CT molecular complexity index is 745. The summed E-state index contributed by atoms with van der Waals surface area (Å²) in [6.45, 7) is 2.04. The molecule has 0 aliphatic carbocycles. The van der Waals surface area contributed by atoms with E-state index in [4.69, 9.17) is 21.1 Å². The number of nitrogens with zero attached hydrogens (tertiary/aromatic N) is 2. The summed E-state index contributed by atoms with van der Waals surface area (Å²) in [7, 11) is 0.